The average molecular weight is 578 g/mol. The molecule has 0 saturated carbocycles. The fourth-order valence-electron chi connectivity index (χ4n) is 4.42. The molecule has 0 bridgehead atoms. The van der Waals surface area contributed by atoms with E-state index in [1.165, 1.54) is 0 Å². The van der Waals surface area contributed by atoms with Gasteiger partial charge in [-0.15, -0.1) is 0 Å². The highest BCUT2D eigenvalue weighted by atomic mass is 79.9. The van der Waals surface area contributed by atoms with Crippen LogP contribution in [0.15, 0.2) is 34.8 Å². The van der Waals surface area contributed by atoms with E-state index in [0.717, 1.165) is 72.5 Å². The van der Waals surface area contributed by atoms with E-state index < -0.39 is 5.60 Å². The van der Waals surface area contributed by atoms with Gasteiger partial charge in [-0.05, 0) is 85.8 Å². The van der Waals surface area contributed by atoms with Gasteiger partial charge >= 0.3 is 6.09 Å². The van der Waals surface area contributed by atoms with Gasteiger partial charge in [0.25, 0.3) is 0 Å². The van der Waals surface area contributed by atoms with Crippen molar-refractivity contribution in [1.29, 1.82) is 0 Å². The van der Waals surface area contributed by atoms with Crippen LogP contribution < -0.4 is 9.64 Å². The predicted octanol–water partition coefficient (Wildman–Crippen LogP) is 5.77. The lowest BCUT2D eigenvalue weighted by atomic mass is 10.0. The van der Waals surface area contributed by atoms with Crippen LogP contribution in [0.5, 0.6) is 5.75 Å². The lowest BCUT2D eigenvalue weighted by Gasteiger charge is -2.37. The van der Waals surface area contributed by atoms with Crippen molar-refractivity contribution in [2.45, 2.75) is 65.1 Å². The number of anilines is 1. The van der Waals surface area contributed by atoms with Crippen LogP contribution in [0.2, 0.25) is 0 Å². The number of aliphatic hydroxyl groups excluding tert-OH is 1. The second-order valence-corrected chi connectivity index (χ2v) is 10.8. The van der Waals surface area contributed by atoms with Crippen LogP contribution in [0, 0.1) is 0 Å². The fraction of sp³-hybridized carbons (Fsp3) is 0.571. The topological polar surface area (TPSA) is 80.1 Å². The molecule has 1 aromatic carbocycles. The molecule has 1 saturated heterocycles. The molecular weight excluding hydrogens is 536 g/mol. The Hall–Kier alpha value is -2.52. The molecule has 204 valence electrons. The number of unbranched alkanes of at least 4 members (excludes halogenated alkanes) is 2. The minimum absolute atomic E-state index is 0.220. The molecule has 0 aliphatic carbocycles. The molecule has 0 unspecified atom stereocenters. The number of allylic oxidation sites excluding steroid dienone is 1. The smallest absolute Gasteiger partial charge is 0.410 e. The minimum Gasteiger partial charge on any atom is -0.487 e. The summed E-state index contributed by atoms with van der Waals surface area (Å²) in [5, 5.41) is 13.5. The van der Waals surface area contributed by atoms with Crippen LogP contribution in [0.1, 0.15) is 64.3 Å². The van der Waals surface area contributed by atoms with E-state index in [1.807, 2.05) is 37.7 Å². The van der Waals surface area contributed by atoms with Gasteiger partial charge in [0.1, 0.15) is 23.7 Å². The molecule has 2 heterocycles. The number of carbonyl (C=O) groups excluding carboxylic acids is 1. The van der Waals surface area contributed by atoms with Crippen LogP contribution in [-0.2, 0) is 18.4 Å². The number of hydrogen-bond donors (Lipinski definition) is 1. The van der Waals surface area contributed by atoms with Crippen LogP contribution in [0.4, 0.5) is 10.5 Å². The Morgan fingerprint density at radius 3 is 2.51 bits per heavy atom. The first-order chi connectivity index (χ1) is 17.7. The first-order valence-electron chi connectivity index (χ1n) is 13.2. The molecule has 0 atom stereocenters. The summed E-state index contributed by atoms with van der Waals surface area (Å²) in [5.41, 5.74) is 2.52. The molecule has 1 fully saturated rings. The van der Waals surface area contributed by atoms with Gasteiger partial charge in [0.05, 0.1) is 10.2 Å². The molecule has 2 aromatic rings. The fourth-order valence-corrected chi connectivity index (χ4v) is 5.00. The summed E-state index contributed by atoms with van der Waals surface area (Å²) in [5.74, 6) is 0.780. The SMILES string of the molecule is CCCC(C)(C)OC(=O)N1CCN(c2ccc(OCc3nn(C)c(/C=C/CCCCO)c3Br)cc2)CC1. The molecule has 1 aliphatic heterocycles. The number of aromatic nitrogens is 2. The van der Waals surface area contributed by atoms with Crippen molar-refractivity contribution in [1.82, 2.24) is 14.7 Å². The number of hydrogen-bond acceptors (Lipinski definition) is 6. The summed E-state index contributed by atoms with van der Waals surface area (Å²) in [6.45, 7) is 9.45. The van der Waals surface area contributed by atoms with Gasteiger partial charge in [-0.3, -0.25) is 4.68 Å². The van der Waals surface area contributed by atoms with E-state index >= 15 is 0 Å². The number of aryl methyl sites for hydroxylation is 1. The summed E-state index contributed by atoms with van der Waals surface area (Å²) >= 11 is 3.66. The van der Waals surface area contributed by atoms with E-state index in [9.17, 15) is 4.79 Å². The van der Waals surface area contributed by atoms with E-state index in [-0.39, 0.29) is 12.7 Å². The van der Waals surface area contributed by atoms with Crippen LogP contribution in [0.25, 0.3) is 6.08 Å². The van der Waals surface area contributed by atoms with Gasteiger partial charge in [-0.2, -0.15) is 5.10 Å². The van der Waals surface area contributed by atoms with Gasteiger partial charge in [-0.25, -0.2) is 4.79 Å². The molecule has 1 N–H and O–H groups in total. The zero-order chi connectivity index (χ0) is 26.8. The minimum atomic E-state index is -0.428. The standard InChI is InChI=1S/C28H41BrN4O4/c1-5-15-28(2,3)37-27(35)33-18-16-32(17-19-33)22-11-13-23(14-12-22)36-21-24-26(29)25(31(4)30-24)10-8-6-7-9-20-34/h8,10-14,34H,5-7,9,15-21H2,1-4H3/b10-8+. The number of amides is 1. The highest BCUT2D eigenvalue weighted by Crippen LogP contribution is 2.26. The van der Waals surface area contributed by atoms with Crippen LogP contribution in [-0.4, -0.2) is 64.3 Å². The number of halogens is 1. The molecular formula is C28H41BrN4O4. The maximum Gasteiger partial charge on any atom is 0.410 e. The van der Waals surface area contributed by atoms with Crippen molar-refractivity contribution in [3.05, 3.63) is 46.2 Å². The van der Waals surface area contributed by atoms with Crippen molar-refractivity contribution >= 4 is 33.8 Å². The third-order valence-corrected chi connectivity index (χ3v) is 7.35. The second-order valence-electron chi connectivity index (χ2n) is 10.0. The quantitative estimate of drug-likeness (QED) is 0.323. The van der Waals surface area contributed by atoms with E-state index in [4.69, 9.17) is 14.6 Å². The van der Waals surface area contributed by atoms with Gasteiger partial charge in [0.15, 0.2) is 0 Å². The predicted molar refractivity (Wildman–Crippen MR) is 151 cm³/mol. The monoisotopic (exact) mass is 576 g/mol. The zero-order valence-corrected chi connectivity index (χ0v) is 24.2. The molecule has 3 rings (SSSR count). The molecule has 1 aliphatic rings. The first-order valence-corrected chi connectivity index (χ1v) is 14.0. The van der Waals surface area contributed by atoms with Crippen molar-refractivity contribution in [2.75, 3.05) is 37.7 Å². The van der Waals surface area contributed by atoms with Crippen molar-refractivity contribution in [3.63, 3.8) is 0 Å². The number of piperazine rings is 1. The lowest BCUT2D eigenvalue weighted by Crippen LogP contribution is -2.50. The summed E-state index contributed by atoms with van der Waals surface area (Å²) in [7, 11) is 1.92. The van der Waals surface area contributed by atoms with Crippen molar-refractivity contribution < 1.29 is 19.4 Å². The Balaban J connectivity index is 1.49. The second kappa shape index (κ2) is 13.9. The Labute approximate surface area is 229 Å². The highest BCUT2D eigenvalue weighted by Gasteiger charge is 2.28. The number of rotatable bonds is 12. The van der Waals surface area contributed by atoms with E-state index in [0.29, 0.717) is 19.7 Å². The highest BCUT2D eigenvalue weighted by molar-refractivity contribution is 9.10. The molecule has 0 spiro atoms. The Bertz CT molecular complexity index is 1030. The van der Waals surface area contributed by atoms with Crippen LogP contribution >= 0.6 is 15.9 Å². The largest absolute Gasteiger partial charge is 0.487 e. The molecule has 8 nitrogen and oxygen atoms in total. The van der Waals surface area contributed by atoms with Gasteiger partial charge in [-0.1, -0.05) is 19.4 Å². The van der Waals surface area contributed by atoms with E-state index in [1.54, 1.807) is 4.90 Å². The number of nitrogens with zero attached hydrogens (tertiary/aromatic N) is 4. The third kappa shape index (κ3) is 8.50. The molecule has 9 heteroatoms. The molecule has 1 amide bonds. The Morgan fingerprint density at radius 1 is 1.16 bits per heavy atom. The van der Waals surface area contributed by atoms with Crippen LogP contribution in [0.3, 0.4) is 0 Å². The first kappa shape index (κ1) is 29.0. The Morgan fingerprint density at radius 2 is 1.86 bits per heavy atom. The number of benzene rings is 1. The average Bonchev–Trinajstić information content (AvgIpc) is 3.15. The summed E-state index contributed by atoms with van der Waals surface area (Å²) in [4.78, 5) is 16.6. The zero-order valence-electron chi connectivity index (χ0n) is 22.6. The van der Waals surface area contributed by atoms with Gasteiger partial charge in [0.2, 0.25) is 0 Å². The third-order valence-electron chi connectivity index (χ3n) is 6.48. The number of aliphatic hydroxyl groups is 1. The number of ether oxygens (including phenoxy) is 2. The van der Waals surface area contributed by atoms with E-state index in [2.05, 4.69) is 57.1 Å². The molecule has 37 heavy (non-hydrogen) atoms. The van der Waals surface area contributed by atoms with Crippen molar-refractivity contribution in [3.8, 4) is 5.75 Å². The maximum absolute atomic E-state index is 12.5. The molecule has 0 radical (unpaired) electrons. The Kier molecular flexibility index (Phi) is 10.9. The maximum atomic E-state index is 12.5. The van der Waals surface area contributed by atoms with Crippen molar-refractivity contribution in [2.24, 2.45) is 7.05 Å². The van der Waals surface area contributed by atoms with Gasteiger partial charge < -0.3 is 24.4 Å². The summed E-state index contributed by atoms with van der Waals surface area (Å²) < 4.78 is 14.5. The normalized spacial score (nSPS) is 14.4. The summed E-state index contributed by atoms with van der Waals surface area (Å²) in [6, 6.07) is 8.06. The number of carbonyl (C=O) groups is 1. The summed E-state index contributed by atoms with van der Waals surface area (Å²) in [6.07, 6.45) is 8.49. The lowest BCUT2D eigenvalue weighted by molar-refractivity contribution is 0.00736. The molecule has 1 aromatic heterocycles. The van der Waals surface area contributed by atoms with Gasteiger partial charge in [0, 0.05) is 45.5 Å².